The van der Waals surface area contributed by atoms with E-state index < -0.39 is 22.4 Å². The lowest BCUT2D eigenvalue weighted by Crippen LogP contribution is -2.17. The zero-order chi connectivity index (χ0) is 22.2. The summed E-state index contributed by atoms with van der Waals surface area (Å²) in [6, 6.07) is 0. The number of nitrogens with zero attached hydrogens (tertiary/aromatic N) is 4. The molecular formula is C17H17N5O7S. The van der Waals surface area contributed by atoms with Gasteiger partial charge < -0.3 is 14.5 Å². The second kappa shape index (κ2) is 8.02. The second-order valence-electron chi connectivity index (χ2n) is 6.28. The SMILES string of the molecule is COC(=O)Cc1c(C(=O)OC)sc2nc(Cn3nc(C)c([N+](=O)[O-])c3C)[nH]c(=O)c12. The summed E-state index contributed by atoms with van der Waals surface area (Å²) in [5.41, 5.74) is 0.0634. The third-order valence-corrected chi connectivity index (χ3v) is 5.56. The highest BCUT2D eigenvalue weighted by atomic mass is 32.1. The number of carbonyl (C=O) groups is 2. The maximum atomic E-state index is 12.7. The maximum absolute atomic E-state index is 12.7. The number of hydrogen-bond acceptors (Lipinski definition) is 10. The van der Waals surface area contributed by atoms with Crippen LogP contribution in [0.2, 0.25) is 0 Å². The minimum Gasteiger partial charge on any atom is -0.469 e. The molecular weight excluding hydrogens is 418 g/mol. The first-order valence-electron chi connectivity index (χ1n) is 8.56. The van der Waals surface area contributed by atoms with E-state index in [1.807, 2.05) is 0 Å². The molecule has 3 heterocycles. The van der Waals surface area contributed by atoms with E-state index in [0.717, 1.165) is 11.3 Å². The molecule has 30 heavy (non-hydrogen) atoms. The van der Waals surface area contributed by atoms with Crippen molar-refractivity contribution in [3.8, 4) is 0 Å². The molecule has 0 aliphatic heterocycles. The summed E-state index contributed by atoms with van der Waals surface area (Å²) in [4.78, 5) is 54.5. The summed E-state index contributed by atoms with van der Waals surface area (Å²) in [7, 11) is 2.39. The molecule has 0 bridgehead atoms. The van der Waals surface area contributed by atoms with Crippen molar-refractivity contribution in [3.63, 3.8) is 0 Å². The Hall–Kier alpha value is -3.61. The van der Waals surface area contributed by atoms with Gasteiger partial charge in [-0.05, 0) is 13.8 Å². The number of hydrogen-bond donors (Lipinski definition) is 1. The van der Waals surface area contributed by atoms with Crippen LogP contribution in [0.4, 0.5) is 5.69 Å². The van der Waals surface area contributed by atoms with Gasteiger partial charge in [-0.2, -0.15) is 5.10 Å². The quantitative estimate of drug-likeness (QED) is 0.341. The molecule has 3 rings (SSSR count). The molecule has 3 aromatic heterocycles. The summed E-state index contributed by atoms with van der Waals surface area (Å²) in [5.74, 6) is -1.14. The maximum Gasteiger partial charge on any atom is 0.348 e. The van der Waals surface area contributed by atoms with Crippen LogP contribution in [0.3, 0.4) is 0 Å². The van der Waals surface area contributed by atoms with Crippen molar-refractivity contribution in [2.45, 2.75) is 26.8 Å². The van der Waals surface area contributed by atoms with E-state index in [1.54, 1.807) is 6.92 Å². The number of aryl methyl sites for hydroxylation is 1. The van der Waals surface area contributed by atoms with E-state index in [-0.39, 0.29) is 50.8 Å². The molecule has 0 spiro atoms. The third-order valence-electron chi connectivity index (χ3n) is 4.45. The molecule has 0 saturated heterocycles. The molecule has 0 radical (unpaired) electrons. The smallest absolute Gasteiger partial charge is 0.348 e. The lowest BCUT2D eigenvalue weighted by molar-refractivity contribution is -0.386. The minimum atomic E-state index is -0.702. The van der Waals surface area contributed by atoms with E-state index in [2.05, 4.69) is 19.8 Å². The van der Waals surface area contributed by atoms with Crippen LogP contribution in [-0.2, 0) is 27.2 Å². The number of carbonyl (C=O) groups excluding carboxylic acids is 2. The van der Waals surface area contributed by atoms with Gasteiger partial charge in [0.25, 0.3) is 5.56 Å². The first-order valence-corrected chi connectivity index (χ1v) is 9.37. The van der Waals surface area contributed by atoms with Gasteiger partial charge in [0.1, 0.15) is 26.9 Å². The summed E-state index contributed by atoms with van der Waals surface area (Å²) < 4.78 is 10.7. The Morgan fingerprint density at radius 2 is 1.97 bits per heavy atom. The van der Waals surface area contributed by atoms with Crippen LogP contribution in [0.25, 0.3) is 10.2 Å². The molecule has 158 valence electrons. The van der Waals surface area contributed by atoms with Crippen LogP contribution in [0.1, 0.15) is 32.4 Å². The van der Waals surface area contributed by atoms with Gasteiger partial charge in [-0.25, -0.2) is 9.78 Å². The first kappa shape index (κ1) is 21.1. The van der Waals surface area contributed by atoms with Crippen molar-refractivity contribution in [1.82, 2.24) is 19.7 Å². The van der Waals surface area contributed by atoms with Gasteiger partial charge in [0.2, 0.25) is 0 Å². The average molecular weight is 435 g/mol. The number of ether oxygens (including phenoxy) is 2. The predicted octanol–water partition coefficient (Wildman–Crippen LogP) is 1.26. The van der Waals surface area contributed by atoms with Crippen molar-refractivity contribution >= 4 is 39.2 Å². The summed E-state index contributed by atoms with van der Waals surface area (Å²) >= 11 is 0.914. The summed E-state index contributed by atoms with van der Waals surface area (Å²) in [5, 5.41) is 15.4. The highest BCUT2D eigenvalue weighted by molar-refractivity contribution is 7.20. The first-order chi connectivity index (χ1) is 14.2. The Balaban J connectivity index is 2.11. The molecule has 0 aliphatic carbocycles. The Morgan fingerprint density at radius 1 is 1.27 bits per heavy atom. The van der Waals surface area contributed by atoms with Crippen molar-refractivity contribution in [1.29, 1.82) is 0 Å². The fraction of sp³-hybridized carbons (Fsp3) is 0.353. The monoisotopic (exact) mass is 435 g/mol. The van der Waals surface area contributed by atoms with Crippen molar-refractivity contribution in [2.75, 3.05) is 14.2 Å². The van der Waals surface area contributed by atoms with Crippen molar-refractivity contribution < 1.29 is 24.0 Å². The summed E-state index contributed by atoms with van der Waals surface area (Å²) in [6.45, 7) is 3.04. The Bertz CT molecular complexity index is 1240. The Kier molecular flexibility index (Phi) is 5.64. The molecule has 0 fully saturated rings. The largest absolute Gasteiger partial charge is 0.469 e. The van der Waals surface area contributed by atoms with Crippen LogP contribution < -0.4 is 5.56 Å². The average Bonchev–Trinajstić information content (AvgIpc) is 3.18. The van der Waals surface area contributed by atoms with Crippen LogP contribution >= 0.6 is 11.3 Å². The van der Waals surface area contributed by atoms with E-state index in [9.17, 15) is 24.5 Å². The van der Waals surface area contributed by atoms with E-state index >= 15 is 0 Å². The van der Waals surface area contributed by atoms with E-state index in [0.29, 0.717) is 5.69 Å². The molecule has 3 aromatic rings. The fourth-order valence-corrected chi connectivity index (χ4v) is 4.21. The minimum absolute atomic E-state index is 0.0243. The molecule has 0 amide bonds. The Morgan fingerprint density at radius 3 is 2.53 bits per heavy atom. The van der Waals surface area contributed by atoms with Gasteiger partial charge >= 0.3 is 17.6 Å². The summed E-state index contributed by atoms with van der Waals surface area (Å²) in [6.07, 6.45) is -0.297. The number of nitro groups is 1. The van der Waals surface area contributed by atoms with Gasteiger partial charge in [-0.3, -0.25) is 24.4 Å². The predicted molar refractivity (Wildman–Crippen MR) is 105 cm³/mol. The Labute approximate surface area is 172 Å². The van der Waals surface area contributed by atoms with Gasteiger partial charge in [0.05, 0.1) is 37.5 Å². The topological polar surface area (TPSA) is 159 Å². The number of aromatic nitrogens is 4. The van der Waals surface area contributed by atoms with Crippen LogP contribution in [0, 0.1) is 24.0 Å². The molecule has 0 atom stereocenters. The van der Waals surface area contributed by atoms with E-state index in [1.165, 1.54) is 25.8 Å². The zero-order valence-corrected chi connectivity index (χ0v) is 17.3. The van der Waals surface area contributed by atoms with Crippen LogP contribution in [-0.4, -0.2) is 50.8 Å². The highest BCUT2D eigenvalue weighted by Crippen LogP contribution is 2.29. The molecule has 1 N–H and O–H groups in total. The fourth-order valence-electron chi connectivity index (χ4n) is 3.07. The lowest BCUT2D eigenvalue weighted by atomic mass is 10.1. The van der Waals surface area contributed by atoms with Crippen LogP contribution in [0.15, 0.2) is 4.79 Å². The molecule has 12 nitrogen and oxygen atoms in total. The van der Waals surface area contributed by atoms with Crippen molar-refractivity contribution in [3.05, 3.63) is 48.1 Å². The second-order valence-corrected chi connectivity index (χ2v) is 7.28. The zero-order valence-electron chi connectivity index (χ0n) is 16.5. The van der Waals surface area contributed by atoms with Gasteiger partial charge in [-0.15, -0.1) is 11.3 Å². The number of thiophene rings is 1. The molecule has 0 aromatic carbocycles. The molecule has 0 unspecified atom stereocenters. The number of nitrogens with one attached hydrogen (secondary N) is 1. The number of methoxy groups -OCH3 is 2. The highest BCUT2D eigenvalue weighted by Gasteiger charge is 2.26. The molecule has 0 aliphatic rings. The lowest BCUT2D eigenvalue weighted by Gasteiger charge is -2.04. The third kappa shape index (κ3) is 3.66. The number of rotatable bonds is 6. The number of esters is 2. The van der Waals surface area contributed by atoms with Gasteiger partial charge in [0, 0.05) is 5.56 Å². The molecule has 0 saturated carbocycles. The standard InChI is InChI=1S/C17H17N5O7S/c1-7-13(22(26)27)8(2)21(20-7)6-10-18-15(24)12-9(5-11(23)28-3)14(17(25)29-4)30-16(12)19-10/h5-6H2,1-4H3,(H,18,19,24). The number of H-pyrrole nitrogens is 1. The van der Waals surface area contributed by atoms with Crippen molar-refractivity contribution in [2.24, 2.45) is 0 Å². The van der Waals surface area contributed by atoms with Crippen LogP contribution in [0.5, 0.6) is 0 Å². The molecule has 13 heteroatoms. The number of fused-ring (bicyclic) bond motifs is 1. The van der Waals surface area contributed by atoms with Gasteiger partial charge in [0.15, 0.2) is 0 Å². The van der Waals surface area contributed by atoms with E-state index in [4.69, 9.17) is 4.74 Å². The van der Waals surface area contributed by atoms with Gasteiger partial charge in [-0.1, -0.05) is 0 Å². The number of aromatic amines is 1. The normalized spacial score (nSPS) is 10.9.